The number of nitrogens with zero attached hydrogens (tertiary/aromatic N) is 3. The lowest BCUT2D eigenvalue weighted by Gasteiger charge is -2.03. The van der Waals surface area contributed by atoms with Gasteiger partial charge in [0.2, 0.25) is 11.8 Å². The molecule has 0 saturated heterocycles. The number of carbonyl (C=O) groups is 1. The molecular formula is C17H14N4O4S. The molecular weight excluding hydrogens is 356 g/mol. The Morgan fingerprint density at radius 3 is 2.73 bits per heavy atom. The van der Waals surface area contributed by atoms with Crippen LogP contribution in [0.3, 0.4) is 0 Å². The van der Waals surface area contributed by atoms with Crippen LogP contribution < -0.4 is 5.32 Å². The molecule has 9 heteroatoms. The Balaban J connectivity index is 1.57. The fourth-order valence-corrected chi connectivity index (χ4v) is 2.67. The minimum absolute atomic E-state index is 0.0399. The SMILES string of the molecule is Cc1ccc(-c2nnc(SCC(=O)Nc3cccc([N+](=O)[O-])c3)o2)cc1. The highest BCUT2D eigenvalue weighted by atomic mass is 32.2. The summed E-state index contributed by atoms with van der Waals surface area (Å²) in [4.78, 5) is 22.2. The van der Waals surface area contributed by atoms with Gasteiger partial charge in [-0.05, 0) is 25.1 Å². The van der Waals surface area contributed by atoms with E-state index in [0.717, 1.165) is 22.9 Å². The molecule has 0 saturated carbocycles. The van der Waals surface area contributed by atoms with Crippen molar-refractivity contribution in [2.45, 2.75) is 12.1 Å². The van der Waals surface area contributed by atoms with Gasteiger partial charge in [-0.25, -0.2) is 0 Å². The zero-order valence-corrected chi connectivity index (χ0v) is 14.5. The Kier molecular flexibility index (Phi) is 5.28. The topological polar surface area (TPSA) is 111 Å². The van der Waals surface area contributed by atoms with Gasteiger partial charge in [0, 0.05) is 23.4 Å². The second kappa shape index (κ2) is 7.79. The average molecular weight is 370 g/mol. The lowest BCUT2D eigenvalue weighted by atomic mass is 10.1. The first-order valence-corrected chi connectivity index (χ1v) is 8.57. The second-order valence-electron chi connectivity index (χ2n) is 5.38. The van der Waals surface area contributed by atoms with Gasteiger partial charge in [-0.1, -0.05) is 35.5 Å². The average Bonchev–Trinajstić information content (AvgIpc) is 3.10. The van der Waals surface area contributed by atoms with E-state index in [-0.39, 0.29) is 22.6 Å². The number of benzene rings is 2. The molecule has 0 radical (unpaired) electrons. The molecule has 0 fully saturated rings. The standard InChI is InChI=1S/C17H14N4O4S/c1-11-5-7-12(8-6-11)16-19-20-17(25-16)26-10-15(22)18-13-3-2-4-14(9-13)21(23)24/h2-9H,10H2,1H3,(H,18,22). The monoisotopic (exact) mass is 370 g/mol. The minimum atomic E-state index is -0.518. The van der Waals surface area contributed by atoms with Crippen molar-refractivity contribution in [1.29, 1.82) is 0 Å². The van der Waals surface area contributed by atoms with Crippen LogP contribution in [0.4, 0.5) is 11.4 Å². The lowest BCUT2D eigenvalue weighted by molar-refractivity contribution is -0.384. The van der Waals surface area contributed by atoms with E-state index in [9.17, 15) is 14.9 Å². The zero-order valence-electron chi connectivity index (χ0n) is 13.7. The van der Waals surface area contributed by atoms with Crippen LogP contribution in [0.15, 0.2) is 58.2 Å². The van der Waals surface area contributed by atoms with E-state index in [1.165, 1.54) is 18.2 Å². The van der Waals surface area contributed by atoms with E-state index in [2.05, 4.69) is 15.5 Å². The Labute approximate surface area is 152 Å². The molecule has 3 aromatic rings. The first-order chi connectivity index (χ1) is 12.5. The molecule has 132 valence electrons. The summed E-state index contributed by atoms with van der Waals surface area (Å²) in [6, 6.07) is 13.4. The summed E-state index contributed by atoms with van der Waals surface area (Å²) < 4.78 is 5.53. The number of hydrogen-bond acceptors (Lipinski definition) is 7. The maximum Gasteiger partial charge on any atom is 0.277 e. The van der Waals surface area contributed by atoms with Crippen LogP contribution in [0, 0.1) is 17.0 Å². The number of amides is 1. The summed E-state index contributed by atoms with van der Waals surface area (Å²) >= 11 is 1.09. The third kappa shape index (κ3) is 4.45. The molecule has 1 N–H and O–H groups in total. The molecule has 1 amide bonds. The van der Waals surface area contributed by atoms with Crippen molar-refractivity contribution in [3.8, 4) is 11.5 Å². The second-order valence-corrected chi connectivity index (χ2v) is 6.31. The number of aryl methyl sites for hydroxylation is 1. The summed E-state index contributed by atoms with van der Waals surface area (Å²) in [6.07, 6.45) is 0. The maximum absolute atomic E-state index is 12.0. The smallest absolute Gasteiger partial charge is 0.277 e. The molecule has 8 nitrogen and oxygen atoms in total. The van der Waals surface area contributed by atoms with Crippen LogP contribution in [0.5, 0.6) is 0 Å². The third-order valence-electron chi connectivity index (χ3n) is 3.37. The van der Waals surface area contributed by atoms with Crippen molar-refractivity contribution >= 4 is 29.0 Å². The Morgan fingerprint density at radius 2 is 2.00 bits per heavy atom. The van der Waals surface area contributed by atoms with Crippen molar-refractivity contribution in [1.82, 2.24) is 10.2 Å². The van der Waals surface area contributed by atoms with Crippen LogP contribution in [0.25, 0.3) is 11.5 Å². The first-order valence-electron chi connectivity index (χ1n) is 7.59. The van der Waals surface area contributed by atoms with E-state index < -0.39 is 4.92 Å². The summed E-state index contributed by atoms with van der Waals surface area (Å²) in [5, 5.41) is 21.5. The van der Waals surface area contributed by atoms with E-state index in [0.29, 0.717) is 11.6 Å². The van der Waals surface area contributed by atoms with Gasteiger partial charge >= 0.3 is 0 Å². The number of thioether (sulfide) groups is 1. The molecule has 0 aliphatic rings. The molecule has 0 unspecified atom stereocenters. The number of carbonyl (C=O) groups excluding carboxylic acids is 1. The highest BCUT2D eigenvalue weighted by molar-refractivity contribution is 7.99. The molecule has 26 heavy (non-hydrogen) atoms. The van der Waals surface area contributed by atoms with Gasteiger partial charge in [0.15, 0.2) is 0 Å². The summed E-state index contributed by atoms with van der Waals surface area (Å²) in [5.41, 5.74) is 2.20. The van der Waals surface area contributed by atoms with E-state index in [1.54, 1.807) is 6.07 Å². The molecule has 0 atom stereocenters. The summed E-state index contributed by atoms with van der Waals surface area (Å²) in [6.45, 7) is 1.98. The molecule has 1 aromatic heterocycles. The largest absolute Gasteiger partial charge is 0.411 e. The number of nitro benzene ring substituents is 1. The van der Waals surface area contributed by atoms with Crippen molar-refractivity contribution < 1.29 is 14.1 Å². The highest BCUT2D eigenvalue weighted by Crippen LogP contribution is 2.24. The van der Waals surface area contributed by atoms with Crippen LogP contribution in [-0.2, 0) is 4.79 Å². The Bertz CT molecular complexity index is 940. The predicted molar refractivity (Wildman–Crippen MR) is 96.9 cm³/mol. The molecule has 1 heterocycles. The van der Waals surface area contributed by atoms with Gasteiger partial charge < -0.3 is 9.73 Å². The molecule has 0 aliphatic heterocycles. The number of rotatable bonds is 6. The number of aromatic nitrogens is 2. The molecule has 0 spiro atoms. The molecule has 0 bridgehead atoms. The van der Waals surface area contributed by atoms with Crippen LogP contribution >= 0.6 is 11.8 Å². The molecule has 3 rings (SSSR count). The quantitative estimate of drug-likeness (QED) is 0.400. The highest BCUT2D eigenvalue weighted by Gasteiger charge is 2.12. The number of nitrogens with one attached hydrogen (secondary N) is 1. The fraction of sp³-hybridized carbons (Fsp3) is 0.118. The first kappa shape index (κ1) is 17.6. The fourth-order valence-electron chi connectivity index (χ4n) is 2.10. The lowest BCUT2D eigenvalue weighted by Crippen LogP contribution is -2.14. The van der Waals surface area contributed by atoms with E-state index >= 15 is 0 Å². The van der Waals surface area contributed by atoms with Gasteiger partial charge in [0.05, 0.1) is 10.7 Å². The molecule has 0 aliphatic carbocycles. The Morgan fingerprint density at radius 1 is 1.23 bits per heavy atom. The predicted octanol–water partition coefficient (Wildman–Crippen LogP) is 3.68. The van der Waals surface area contributed by atoms with E-state index in [4.69, 9.17) is 4.42 Å². The van der Waals surface area contributed by atoms with E-state index in [1.807, 2.05) is 31.2 Å². The van der Waals surface area contributed by atoms with Crippen molar-refractivity contribution in [2.24, 2.45) is 0 Å². The minimum Gasteiger partial charge on any atom is -0.411 e. The van der Waals surface area contributed by atoms with Gasteiger partial charge in [0.1, 0.15) is 0 Å². The van der Waals surface area contributed by atoms with Gasteiger partial charge in [-0.2, -0.15) is 0 Å². The third-order valence-corrected chi connectivity index (χ3v) is 4.19. The number of non-ortho nitro benzene ring substituents is 1. The zero-order chi connectivity index (χ0) is 18.5. The van der Waals surface area contributed by atoms with Crippen LogP contribution in [0.2, 0.25) is 0 Å². The summed E-state index contributed by atoms with van der Waals surface area (Å²) in [5.74, 6) is 0.0928. The van der Waals surface area contributed by atoms with Crippen molar-refractivity contribution in [3.63, 3.8) is 0 Å². The molecule has 2 aromatic carbocycles. The Hall–Kier alpha value is -3.20. The van der Waals surface area contributed by atoms with Gasteiger partial charge in [-0.15, -0.1) is 10.2 Å². The number of hydrogen-bond donors (Lipinski definition) is 1. The van der Waals surface area contributed by atoms with Crippen molar-refractivity contribution in [3.05, 3.63) is 64.2 Å². The van der Waals surface area contributed by atoms with Crippen molar-refractivity contribution in [2.75, 3.05) is 11.1 Å². The van der Waals surface area contributed by atoms with Gasteiger partial charge in [-0.3, -0.25) is 14.9 Å². The number of anilines is 1. The summed E-state index contributed by atoms with van der Waals surface area (Å²) in [7, 11) is 0. The van der Waals surface area contributed by atoms with Crippen LogP contribution in [-0.4, -0.2) is 26.8 Å². The number of nitro groups is 1. The van der Waals surface area contributed by atoms with Gasteiger partial charge in [0.25, 0.3) is 10.9 Å². The normalized spacial score (nSPS) is 10.5. The van der Waals surface area contributed by atoms with Crippen LogP contribution in [0.1, 0.15) is 5.56 Å². The maximum atomic E-state index is 12.0.